The highest BCUT2D eigenvalue weighted by molar-refractivity contribution is 5.29. The summed E-state index contributed by atoms with van der Waals surface area (Å²) in [7, 11) is 0. The minimum absolute atomic E-state index is 0.0722. The second-order valence-electron chi connectivity index (χ2n) is 5.27. The predicted octanol–water partition coefficient (Wildman–Crippen LogP) is 3.74. The Balaban J connectivity index is 1.89. The third-order valence-electron chi connectivity index (χ3n) is 4.14. The van der Waals surface area contributed by atoms with Gasteiger partial charge in [0, 0.05) is 0 Å². The van der Waals surface area contributed by atoms with Crippen LogP contribution in [0.15, 0.2) is 24.3 Å². The molecule has 1 fully saturated rings. The molecule has 0 heterocycles. The zero-order chi connectivity index (χ0) is 12.8. The van der Waals surface area contributed by atoms with E-state index in [0.29, 0.717) is 6.61 Å². The summed E-state index contributed by atoms with van der Waals surface area (Å²) in [5, 5.41) is 8.71. The zero-order valence-corrected chi connectivity index (χ0v) is 11.3. The van der Waals surface area contributed by atoms with Gasteiger partial charge in [-0.15, -0.1) is 0 Å². The normalized spacial score (nSPS) is 23.9. The summed E-state index contributed by atoms with van der Waals surface area (Å²) in [6.07, 6.45) is 6.75. The molecular weight excluding hydrogens is 224 g/mol. The van der Waals surface area contributed by atoms with Crippen LogP contribution in [0.2, 0.25) is 0 Å². The second kappa shape index (κ2) is 6.79. The number of aliphatic hydroxyl groups excluding tert-OH is 1. The molecular formula is C16H24O2. The van der Waals surface area contributed by atoms with Crippen LogP contribution in [0.25, 0.3) is 0 Å². The van der Waals surface area contributed by atoms with Crippen molar-refractivity contribution in [1.29, 1.82) is 0 Å². The Hall–Kier alpha value is -1.02. The standard InChI is InChI=1S/C16H24O2/c1-2-13-3-5-14(6-4-13)15-7-9-16(10-8-15)18-12-11-17/h7-10,13-14,17H,2-6,11-12H2,1H3. The first-order chi connectivity index (χ1) is 8.83. The lowest BCUT2D eigenvalue weighted by Gasteiger charge is -2.28. The summed E-state index contributed by atoms with van der Waals surface area (Å²) in [6, 6.07) is 8.42. The van der Waals surface area contributed by atoms with E-state index in [1.165, 1.54) is 37.7 Å². The van der Waals surface area contributed by atoms with E-state index in [1.54, 1.807) is 0 Å². The molecule has 100 valence electrons. The van der Waals surface area contributed by atoms with E-state index in [1.807, 2.05) is 12.1 Å². The maximum absolute atomic E-state index is 8.71. The fourth-order valence-electron chi connectivity index (χ4n) is 2.90. The molecule has 1 aromatic rings. The molecule has 0 amide bonds. The molecule has 0 atom stereocenters. The summed E-state index contributed by atoms with van der Waals surface area (Å²) in [4.78, 5) is 0. The Morgan fingerprint density at radius 2 is 1.78 bits per heavy atom. The third-order valence-corrected chi connectivity index (χ3v) is 4.14. The first kappa shape index (κ1) is 13.4. The molecule has 1 saturated carbocycles. The summed E-state index contributed by atoms with van der Waals surface area (Å²) < 4.78 is 5.38. The van der Waals surface area contributed by atoms with E-state index in [4.69, 9.17) is 9.84 Å². The molecule has 0 radical (unpaired) electrons. The Labute approximate surface area is 110 Å². The van der Waals surface area contributed by atoms with Crippen molar-refractivity contribution in [2.45, 2.75) is 44.9 Å². The van der Waals surface area contributed by atoms with Gasteiger partial charge in [-0.1, -0.05) is 25.5 Å². The molecule has 1 aromatic carbocycles. The van der Waals surface area contributed by atoms with Gasteiger partial charge in [-0.05, 0) is 55.2 Å². The Morgan fingerprint density at radius 3 is 2.33 bits per heavy atom. The molecule has 0 saturated heterocycles. The summed E-state index contributed by atoms with van der Waals surface area (Å²) >= 11 is 0. The fourth-order valence-corrected chi connectivity index (χ4v) is 2.90. The van der Waals surface area contributed by atoms with Crippen molar-refractivity contribution in [3.63, 3.8) is 0 Å². The van der Waals surface area contributed by atoms with Gasteiger partial charge in [0.15, 0.2) is 0 Å². The van der Waals surface area contributed by atoms with Crippen molar-refractivity contribution in [2.75, 3.05) is 13.2 Å². The van der Waals surface area contributed by atoms with E-state index in [9.17, 15) is 0 Å². The van der Waals surface area contributed by atoms with Crippen LogP contribution in [0, 0.1) is 5.92 Å². The zero-order valence-electron chi connectivity index (χ0n) is 11.3. The molecule has 0 unspecified atom stereocenters. The van der Waals surface area contributed by atoms with E-state index in [0.717, 1.165) is 17.6 Å². The summed E-state index contributed by atoms with van der Waals surface area (Å²) in [6.45, 7) is 2.75. The molecule has 0 aromatic heterocycles. The molecule has 1 N–H and O–H groups in total. The third kappa shape index (κ3) is 3.49. The lowest BCUT2D eigenvalue weighted by atomic mass is 9.78. The number of aliphatic hydroxyl groups is 1. The minimum atomic E-state index is 0.0722. The van der Waals surface area contributed by atoms with Gasteiger partial charge in [0.25, 0.3) is 0 Å². The number of hydrogen-bond acceptors (Lipinski definition) is 2. The largest absolute Gasteiger partial charge is 0.491 e. The van der Waals surface area contributed by atoms with E-state index in [-0.39, 0.29) is 6.61 Å². The van der Waals surface area contributed by atoms with Crippen LogP contribution >= 0.6 is 0 Å². The van der Waals surface area contributed by atoms with Crippen molar-refractivity contribution in [1.82, 2.24) is 0 Å². The van der Waals surface area contributed by atoms with Gasteiger partial charge in [-0.3, -0.25) is 0 Å². The Morgan fingerprint density at radius 1 is 1.11 bits per heavy atom. The van der Waals surface area contributed by atoms with E-state index >= 15 is 0 Å². The lowest BCUT2D eigenvalue weighted by molar-refractivity contribution is 0.201. The smallest absolute Gasteiger partial charge is 0.119 e. The van der Waals surface area contributed by atoms with Gasteiger partial charge in [0.2, 0.25) is 0 Å². The number of benzene rings is 1. The second-order valence-corrected chi connectivity index (χ2v) is 5.27. The van der Waals surface area contributed by atoms with Gasteiger partial charge in [-0.25, -0.2) is 0 Å². The first-order valence-corrected chi connectivity index (χ1v) is 7.17. The average molecular weight is 248 g/mol. The van der Waals surface area contributed by atoms with Crippen molar-refractivity contribution < 1.29 is 9.84 Å². The molecule has 0 spiro atoms. The van der Waals surface area contributed by atoms with Crippen molar-refractivity contribution >= 4 is 0 Å². The van der Waals surface area contributed by atoms with Crippen molar-refractivity contribution in [3.05, 3.63) is 29.8 Å². The van der Waals surface area contributed by atoms with Crippen LogP contribution in [0.3, 0.4) is 0 Å². The predicted molar refractivity (Wildman–Crippen MR) is 74.0 cm³/mol. The number of hydrogen-bond donors (Lipinski definition) is 1. The summed E-state index contributed by atoms with van der Waals surface area (Å²) in [5.74, 6) is 2.54. The average Bonchev–Trinajstić information content (AvgIpc) is 2.46. The van der Waals surface area contributed by atoms with Gasteiger partial charge in [-0.2, -0.15) is 0 Å². The van der Waals surface area contributed by atoms with Gasteiger partial charge in [0.05, 0.1) is 6.61 Å². The van der Waals surface area contributed by atoms with Crippen LogP contribution in [0.5, 0.6) is 5.75 Å². The quantitative estimate of drug-likeness (QED) is 0.860. The molecule has 18 heavy (non-hydrogen) atoms. The van der Waals surface area contributed by atoms with Crippen LogP contribution in [-0.4, -0.2) is 18.3 Å². The van der Waals surface area contributed by atoms with E-state index in [2.05, 4.69) is 19.1 Å². The SMILES string of the molecule is CCC1CCC(c2ccc(OCCO)cc2)CC1. The fraction of sp³-hybridized carbons (Fsp3) is 0.625. The van der Waals surface area contributed by atoms with E-state index < -0.39 is 0 Å². The Bertz CT molecular complexity index is 337. The molecule has 2 rings (SSSR count). The van der Waals surface area contributed by atoms with Crippen LogP contribution in [-0.2, 0) is 0 Å². The molecule has 0 aliphatic heterocycles. The van der Waals surface area contributed by atoms with Crippen LogP contribution in [0.4, 0.5) is 0 Å². The van der Waals surface area contributed by atoms with Crippen LogP contribution < -0.4 is 4.74 Å². The van der Waals surface area contributed by atoms with Gasteiger partial charge in [0.1, 0.15) is 12.4 Å². The summed E-state index contributed by atoms with van der Waals surface area (Å²) in [5.41, 5.74) is 1.45. The topological polar surface area (TPSA) is 29.5 Å². The maximum Gasteiger partial charge on any atom is 0.119 e. The molecule has 1 aliphatic carbocycles. The van der Waals surface area contributed by atoms with Gasteiger partial charge >= 0.3 is 0 Å². The minimum Gasteiger partial charge on any atom is -0.491 e. The van der Waals surface area contributed by atoms with Crippen molar-refractivity contribution in [2.24, 2.45) is 5.92 Å². The Kier molecular flexibility index (Phi) is 5.06. The lowest BCUT2D eigenvalue weighted by Crippen LogP contribution is -2.12. The molecule has 2 heteroatoms. The highest BCUT2D eigenvalue weighted by Gasteiger charge is 2.20. The number of rotatable bonds is 5. The van der Waals surface area contributed by atoms with Gasteiger partial charge < -0.3 is 9.84 Å². The van der Waals surface area contributed by atoms with Crippen molar-refractivity contribution in [3.8, 4) is 5.75 Å². The molecule has 2 nitrogen and oxygen atoms in total. The van der Waals surface area contributed by atoms with Crippen LogP contribution in [0.1, 0.15) is 50.5 Å². The maximum atomic E-state index is 8.71. The highest BCUT2D eigenvalue weighted by Crippen LogP contribution is 2.37. The monoisotopic (exact) mass is 248 g/mol. The number of ether oxygens (including phenoxy) is 1. The molecule has 1 aliphatic rings. The highest BCUT2D eigenvalue weighted by atomic mass is 16.5. The first-order valence-electron chi connectivity index (χ1n) is 7.17. The molecule has 0 bridgehead atoms.